The van der Waals surface area contributed by atoms with Crippen molar-refractivity contribution in [3.05, 3.63) is 45.3 Å². The minimum absolute atomic E-state index is 0.110. The summed E-state index contributed by atoms with van der Waals surface area (Å²) in [7, 11) is 0. The van der Waals surface area contributed by atoms with Crippen molar-refractivity contribution in [1.82, 2.24) is 0 Å². The number of benzene rings is 1. The molecule has 2 aromatic rings. The molecule has 0 aliphatic heterocycles. The summed E-state index contributed by atoms with van der Waals surface area (Å²) in [6.07, 6.45) is 4.95. The number of anilines is 1. The molecular weight excluding hydrogens is 360 g/mol. The van der Waals surface area contributed by atoms with E-state index in [0.29, 0.717) is 30.0 Å². The molecule has 27 heavy (non-hydrogen) atoms. The van der Waals surface area contributed by atoms with Crippen LogP contribution in [0.1, 0.15) is 57.6 Å². The summed E-state index contributed by atoms with van der Waals surface area (Å²) in [6, 6.07) is 5.96. The zero-order chi connectivity index (χ0) is 19.4. The zero-order valence-electron chi connectivity index (χ0n) is 15.9. The van der Waals surface area contributed by atoms with Crippen molar-refractivity contribution in [3.63, 3.8) is 0 Å². The molecule has 0 unspecified atom stereocenters. The molecular formula is C21H26N2O3S. The Kier molecular flexibility index (Phi) is 6.16. The number of primary amides is 1. The minimum Gasteiger partial charge on any atom is -0.493 e. The van der Waals surface area contributed by atoms with Gasteiger partial charge in [-0.1, -0.05) is 12.1 Å². The lowest BCUT2D eigenvalue weighted by Crippen LogP contribution is -2.18. The van der Waals surface area contributed by atoms with Gasteiger partial charge in [-0.3, -0.25) is 9.59 Å². The highest BCUT2D eigenvalue weighted by atomic mass is 32.1. The Bertz CT molecular complexity index is 857. The molecule has 144 valence electrons. The van der Waals surface area contributed by atoms with Gasteiger partial charge in [0.25, 0.3) is 5.91 Å². The summed E-state index contributed by atoms with van der Waals surface area (Å²) in [4.78, 5) is 25.4. The molecule has 5 nitrogen and oxygen atoms in total. The van der Waals surface area contributed by atoms with Crippen LogP contribution in [0.2, 0.25) is 0 Å². The molecule has 0 saturated heterocycles. The largest absolute Gasteiger partial charge is 0.493 e. The van der Waals surface area contributed by atoms with Gasteiger partial charge in [0.15, 0.2) is 0 Å². The van der Waals surface area contributed by atoms with Gasteiger partial charge in [0, 0.05) is 11.3 Å². The maximum atomic E-state index is 12.3. The van der Waals surface area contributed by atoms with Crippen LogP contribution in [0.4, 0.5) is 5.00 Å². The van der Waals surface area contributed by atoms with Crippen molar-refractivity contribution < 1.29 is 14.3 Å². The molecule has 0 atom stereocenters. The van der Waals surface area contributed by atoms with Crippen LogP contribution in [0, 0.1) is 13.8 Å². The predicted molar refractivity (Wildman–Crippen MR) is 109 cm³/mol. The second-order valence-corrected chi connectivity index (χ2v) is 8.08. The Morgan fingerprint density at radius 1 is 1.22 bits per heavy atom. The second-order valence-electron chi connectivity index (χ2n) is 6.98. The summed E-state index contributed by atoms with van der Waals surface area (Å²) < 4.78 is 5.79. The van der Waals surface area contributed by atoms with E-state index in [4.69, 9.17) is 10.5 Å². The maximum Gasteiger partial charge on any atom is 0.251 e. The molecule has 1 aliphatic carbocycles. The first kappa shape index (κ1) is 19.4. The maximum absolute atomic E-state index is 12.3. The second kappa shape index (κ2) is 8.57. The number of fused-ring (bicyclic) bond motifs is 1. The van der Waals surface area contributed by atoms with Crippen molar-refractivity contribution in [2.75, 3.05) is 11.9 Å². The first-order valence-corrected chi connectivity index (χ1v) is 10.2. The average molecular weight is 387 g/mol. The SMILES string of the molecule is Cc1cccc(OCCCC(=O)Nc2sc3c(c2C(N)=O)CCCC3)c1C. The Hall–Kier alpha value is -2.34. The number of ether oxygens (including phenoxy) is 1. The Labute approximate surface area is 163 Å². The number of aryl methyl sites for hydroxylation is 2. The predicted octanol–water partition coefficient (Wildman–Crippen LogP) is 4.14. The van der Waals surface area contributed by atoms with Gasteiger partial charge < -0.3 is 15.8 Å². The van der Waals surface area contributed by atoms with Crippen LogP contribution in [0.5, 0.6) is 5.75 Å². The van der Waals surface area contributed by atoms with Gasteiger partial charge >= 0.3 is 0 Å². The van der Waals surface area contributed by atoms with Crippen molar-refractivity contribution in [3.8, 4) is 5.75 Å². The molecule has 0 radical (unpaired) electrons. The summed E-state index contributed by atoms with van der Waals surface area (Å²) in [5.74, 6) is 0.293. The number of carbonyl (C=O) groups excluding carboxylic acids is 2. The quantitative estimate of drug-likeness (QED) is 0.702. The summed E-state index contributed by atoms with van der Waals surface area (Å²) in [5.41, 5.74) is 9.42. The lowest BCUT2D eigenvalue weighted by Gasteiger charge is -2.11. The van der Waals surface area contributed by atoms with Gasteiger partial charge in [0.2, 0.25) is 5.91 Å². The fourth-order valence-corrected chi connectivity index (χ4v) is 4.71. The number of hydrogen-bond donors (Lipinski definition) is 2. The number of carbonyl (C=O) groups is 2. The smallest absolute Gasteiger partial charge is 0.251 e. The number of nitrogens with two attached hydrogens (primary N) is 1. The van der Waals surface area contributed by atoms with E-state index in [-0.39, 0.29) is 5.91 Å². The Morgan fingerprint density at radius 3 is 2.78 bits per heavy atom. The van der Waals surface area contributed by atoms with Gasteiger partial charge in [-0.2, -0.15) is 0 Å². The monoisotopic (exact) mass is 386 g/mol. The molecule has 0 bridgehead atoms. The fourth-order valence-electron chi connectivity index (χ4n) is 3.40. The summed E-state index contributed by atoms with van der Waals surface area (Å²) in [5, 5.41) is 3.50. The normalized spacial score (nSPS) is 13.1. The highest BCUT2D eigenvalue weighted by molar-refractivity contribution is 7.17. The standard InChI is InChI=1S/C21H26N2O3S/c1-13-7-5-9-16(14(13)2)26-12-6-11-18(24)23-21-19(20(22)25)15-8-3-4-10-17(15)27-21/h5,7,9H,3-4,6,8,10-12H2,1-2H3,(H2,22,25)(H,23,24). The first-order chi connectivity index (χ1) is 13.0. The van der Waals surface area contributed by atoms with Crippen LogP contribution in [0.3, 0.4) is 0 Å². The van der Waals surface area contributed by atoms with Gasteiger partial charge in [-0.25, -0.2) is 0 Å². The molecule has 6 heteroatoms. The van der Waals surface area contributed by atoms with Crippen molar-refractivity contribution in [2.45, 2.75) is 52.4 Å². The van der Waals surface area contributed by atoms with E-state index in [0.717, 1.165) is 42.6 Å². The molecule has 0 fully saturated rings. The van der Waals surface area contributed by atoms with Crippen LogP contribution in [-0.2, 0) is 17.6 Å². The molecule has 1 heterocycles. The molecule has 3 N–H and O–H groups in total. The number of hydrogen-bond acceptors (Lipinski definition) is 4. The topological polar surface area (TPSA) is 81.4 Å². The summed E-state index contributed by atoms with van der Waals surface area (Å²) in [6.45, 7) is 4.55. The third-order valence-electron chi connectivity index (χ3n) is 5.03. The fraction of sp³-hybridized carbons (Fsp3) is 0.429. The third-order valence-corrected chi connectivity index (χ3v) is 6.24. The molecule has 1 aromatic heterocycles. The highest BCUT2D eigenvalue weighted by Gasteiger charge is 2.24. The van der Waals surface area contributed by atoms with Gasteiger partial charge in [0.1, 0.15) is 10.8 Å². The van der Waals surface area contributed by atoms with E-state index in [1.54, 1.807) is 0 Å². The van der Waals surface area contributed by atoms with E-state index >= 15 is 0 Å². The van der Waals surface area contributed by atoms with Crippen LogP contribution >= 0.6 is 11.3 Å². The van der Waals surface area contributed by atoms with E-state index < -0.39 is 5.91 Å². The van der Waals surface area contributed by atoms with Crippen LogP contribution in [0.15, 0.2) is 18.2 Å². The summed E-state index contributed by atoms with van der Waals surface area (Å²) >= 11 is 1.49. The number of thiophene rings is 1. The van der Waals surface area contributed by atoms with Crippen LogP contribution < -0.4 is 15.8 Å². The number of nitrogens with one attached hydrogen (secondary N) is 1. The number of rotatable bonds is 7. The molecule has 3 rings (SSSR count). The molecule has 1 aliphatic rings. The van der Waals surface area contributed by atoms with Crippen molar-refractivity contribution in [2.24, 2.45) is 5.73 Å². The van der Waals surface area contributed by atoms with Gasteiger partial charge in [-0.15, -0.1) is 11.3 Å². The Balaban J connectivity index is 1.55. The Morgan fingerprint density at radius 2 is 2.00 bits per heavy atom. The minimum atomic E-state index is -0.456. The van der Waals surface area contributed by atoms with Crippen LogP contribution in [0.25, 0.3) is 0 Å². The molecule has 0 spiro atoms. The van der Waals surface area contributed by atoms with Crippen LogP contribution in [-0.4, -0.2) is 18.4 Å². The molecule has 1 aromatic carbocycles. The highest BCUT2D eigenvalue weighted by Crippen LogP contribution is 2.37. The van der Waals surface area contributed by atoms with Gasteiger partial charge in [0.05, 0.1) is 12.2 Å². The number of amides is 2. The third kappa shape index (κ3) is 4.50. The average Bonchev–Trinajstić information content (AvgIpc) is 3.00. The van der Waals surface area contributed by atoms with E-state index in [1.807, 2.05) is 32.0 Å². The lowest BCUT2D eigenvalue weighted by molar-refractivity contribution is -0.116. The van der Waals surface area contributed by atoms with E-state index in [9.17, 15) is 9.59 Å². The van der Waals surface area contributed by atoms with E-state index in [2.05, 4.69) is 5.32 Å². The zero-order valence-corrected chi connectivity index (χ0v) is 16.7. The van der Waals surface area contributed by atoms with Crippen molar-refractivity contribution in [1.29, 1.82) is 0 Å². The van der Waals surface area contributed by atoms with E-state index in [1.165, 1.54) is 21.8 Å². The lowest BCUT2D eigenvalue weighted by atomic mass is 9.95. The first-order valence-electron chi connectivity index (χ1n) is 9.40. The molecule has 2 amide bonds. The van der Waals surface area contributed by atoms with Gasteiger partial charge in [-0.05, 0) is 68.7 Å². The van der Waals surface area contributed by atoms with Crippen molar-refractivity contribution >= 4 is 28.2 Å². The molecule has 0 saturated carbocycles.